The van der Waals surface area contributed by atoms with Gasteiger partial charge in [0.2, 0.25) is 5.91 Å². The number of hydrogen-bond acceptors (Lipinski definition) is 3. The van der Waals surface area contributed by atoms with Crippen molar-refractivity contribution in [3.63, 3.8) is 0 Å². The average molecular weight is 360 g/mol. The van der Waals surface area contributed by atoms with Gasteiger partial charge in [0.25, 0.3) is 5.91 Å². The van der Waals surface area contributed by atoms with Crippen LogP contribution in [0.5, 0.6) is 0 Å². The van der Waals surface area contributed by atoms with Crippen LogP contribution in [0.1, 0.15) is 42.6 Å². The Hall–Kier alpha value is -2.58. The van der Waals surface area contributed by atoms with Crippen LogP contribution < -0.4 is 10.6 Å². The molecule has 0 fully saturated rings. The number of halogens is 3. The number of alkyl halides is 3. The lowest BCUT2D eigenvalue weighted by molar-refractivity contribution is -0.147. The second kappa shape index (κ2) is 8.00. The number of nitrogens with one attached hydrogen (secondary N) is 2. The normalized spacial score (nSPS) is 13.6. The SMILES string of the molecule is CCCC(C)(NC(=O)CNC(=O)c1ccc(C(F)(F)F)cc1)C(=O)O. The summed E-state index contributed by atoms with van der Waals surface area (Å²) in [5, 5.41) is 13.7. The van der Waals surface area contributed by atoms with E-state index in [0.29, 0.717) is 6.42 Å². The maximum Gasteiger partial charge on any atom is 0.416 e. The molecule has 0 aliphatic heterocycles. The Morgan fingerprint density at radius 2 is 1.68 bits per heavy atom. The highest BCUT2D eigenvalue weighted by atomic mass is 19.4. The molecule has 1 aromatic carbocycles. The number of rotatable bonds is 7. The van der Waals surface area contributed by atoms with E-state index in [9.17, 15) is 27.6 Å². The Morgan fingerprint density at radius 1 is 1.12 bits per heavy atom. The molecule has 9 heteroatoms. The van der Waals surface area contributed by atoms with Gasteiger partial charge in [-0.25, -0.2) is 4.79 Å². The molecule has 0 radical (unpaired) electrons. The van der Waals surface area contributed by atoms with E-state index in [0.717, 1.165) is 24.3 Å². The molecule has 0 saturated heterocycles. The Balaban J connectivity index is 2.64. The van der Waals surface area contributed by atoms with E-state index in [-0.39, 0.29) is 12.0 Å². The van der Waals surface area contributed by atoms with Crippen molar-refractivity contribution in [2.75, 3.05) is 6.54 Å². The molecule has 138 valence electrons. The van der Waals surface area contributed by atoms with Crippen molar-refractivity contribution in [2.45, 2.75) is 38.4 Å². The quantitative estimate of drug-likeness (QED) is 0.695. The third-order valence-electron chi connectivity index (χ3n) is 3.52. The molecule has 0 saturated carbocycles. The van der Waals surface area contributed by atoms with E-state index in [1.54, 1.807) is 6.92 Å². The van der Waals surface area contributed by atoms with Crippen molar-refractivity contribution < 1.29 is 32.7 Å². The van der Waals surface area contributed by atoms with Gasteiger partial charge in [0.1, 0.15) is 5.54 Å². The summed E-state index contributed by atoms with van der Waals surface area (Å²) < 4.78 is 37.4. The van der Waals surface area contributed by atoms with E-state index in [2.05, 4.69) is 10.6 Å². The van der Waals surface area contributed by atoms with Crippen molar-refractivity contribution in [3.8, 4) is 0 Å². The van der Waals surface area contributed by atoms with Crippen LogP contribution in [0.15, 0.2) is 24.3 Å². The van der Waals surface area contributed by atoms with Gasteiger partial charge in [-0.1, -0.05) is 13.3 Å². The molecule has 25 heavy (non-hydrogen) atoms. The van der Waals surface area contributed by atoms with Crippen LogP contribution in [0, 0.1) is 0 Å². The first kappa shape index (κ1) is 20.5. The summed E-state index contributed by atoms with van der Waals surface area (Å²) in [4.78, 5) is 34.9. The first-order valence-corrected chi connectivity index (χ1v) is 7.49. The van der Waals surface area contributed by atoms with Gasteiger partial charge < -0.3 is 15.7 Å². The van der Waals surface area contributed by atoms with Gasteiger partial charge in [-0.2, -0.15) is 13.2 Å². The van der Waals surface area contributed by atoms with E-state index in [1.807, 2.05) is 0 Å². The zero-order valence-corrected chi connectivity index (χ0v) is 13.7. The molecule has 0 heterocycles. The van der Waals surface area contributed by atoms with E-state index in [1.165, 1.54) is 6.92 Å². The number of carbonyl (C=O) groups is 3. The summed E-state index contributed by atoms with van der Waals surface area (Å²) in [5.74, 6) is -2.65. The highest BCUT2D eigenvalue weighted by Gasteiger charge is 2.33. The molecule has 1 aromatic rings. The Bertz CT molecular complexity index is 644. The second-order valence-electron chi connectivity index (χ2n) is 5.69. The largest absolute Gasteiger partial charge is 0.480 e. The summed E-state index contributed by atoms with van der Waals surface area (Å²) >= 11 is 0. The fourth-order valence-corrected chi connectivity index (χ4v) is 2.15. The van der Waals surface area contributed by atoms with Crippen LogP contribution in [0.3, 0.4) is 0 Å². The summed E-state index contributed by atoms with van der Waals surface area (Å²) in [5.41, 5.74) is -2.39. The molecular formula is C16H19F3N2O4. The molecule has 0 bridgehead atoms. The Kier molecular flexibility index (Phi) is 6.55. The minimum atomic E-state index is -4.50. The Morgan fingerprint density at radius 3 is 2.12 bits per heavy atom. The van der Waals surface area contributed by atoms with E-state index in [4.69, 9.17) is 5.11 Å². The lowest BCUT2D eigenvalue weighted by atomic mass is 9.96. The average Bonchev–Trinajstić information content (AvgIpc) is 2.52. The number of aliphatic carboxylic acids is 1. The summed E-state index contributed by atoms with van der Waals surface area (Å²) in [6.45, 7) is 2.63. The van der Waals surface area contributed by atoms with Gasteiger partial charge in [-0.15, -0.1) is 0 Å². The predicted molar refractivity (Wildman–Crippen MR) is 82.9 cm³/mol. The van der Waals surface area contributed by atoms with Gasteiger partial charge in [-0.3, -0.25) is 9.59 Å². The van der Waals surface area contributed by atoms with E-state index >= 15 is 0 Å². The molecule has 0 spiro atoms. The Labute approximate surface area is 142 Å². The predicted octanol–water partition coefficient (Wildman–Crippen LogP) is 2.19. The van der Waals surface area contributed by atoms with Gasteiger partial charge >= 0.3 is 12.1 Å². The monoisotopic (exact) mass is 360 g/mol. The maximum absolute atomic E-state index is 12.5. The molecule has 2 amide bonds. The molecule has 3 N–H and O–H groups in total. The number of carbonyl (C=O) groups excluding carboxylic acids is 2. The third kappa shape index (κ3) is 5.77. The fraction of sp³-hybridized carbons (Fsp3) is 0.438. The van der Waals surface area contributed by atoms with Crippen molar-refractivity contribution >= 4 is 17.8 Å². The second-order valence-corrected chi connectivity index (χ2v) is 5.69. The molecular weight excluding hydrogens is 341 g/mol. The number of carboxylic acid groups (broad SMARTS) is 1. The minimum Gasteiger partial charge on any atom is -0.480 e. The highest BCUT2D eigenvalue weighted by molar-refractivity contribution is 5.97. The number of benzene rings is 1. The van der Waals surface area contributed by atoms with Crippen molar-refractivity contribution in [3.05, 3.63) is 35.4 Å². The maximum atomic E-state index is 12.5. The van der Waals surface area contributed by atoms with Gasteiger partial charge in [0.05, 0.1) is 12.1 Å². The number of carboxylic acids is 1. The summed E-state index contributed by atoms with van der Waals surface area (Å²) in [6, 6.07) is 3.51. The third-order valence-corrected chi connectivity index (χ3v) is 3.52. The van der Waals surface area contributed by atoms with Crippen LogP contribution in [0.4, 0.5) is 13.2 Å². The van der Waals surface area contributed by atoms with Gasteiger partial charge in [-0.05, 0) is 37.6 Å². The van der Waals surface area contributed by atoms with Crippen LogP contribution in [0.2, 0.25) is 0 Å². The zero-order valence-electron chi connectivity index (χ0n) is 13.7. The summed E-state index contributed by atoms with van der Waals surface area (Å²) in [7, 11) is 0. The molecule has 0 aliphatic carbocycles. The molecule has 0 aliphatic rings. The zero-order chi connectivity index (χ0) is 19.3. The standard InChI is InChI=1S/C16H19F3N2O4/c1-3-8-15(2,14(24)25)21-12(22)9-20-13(23)10-4-6-11(7-5-10)16(17,18)19/h4-7H,3,8-9H2,1-2H3,(H,20,23)(H,21,22)(H,24,25). The van der Waals surface area contributed by atoms with Crippen molar-refractivity contribution in [2.24, 2.45) is 0 Å². The molecule has 6 nitrogen and oxygen atoms in total. The first-order valence-electron chi connectivity index (χ1n) is 7.49. The molecule has 1 unspecified atom stereocenters. The number of hydrogen-bond donors (Lipinski definition) is 3. The van der Waals surface area contributed by atoms with E-state index < -0.39 is 41.6 Å². The number of amides is 2. The van der Waals surface area contributed by atoms with Crippen LogP contribution in [-0.2, 0) is 15.8 Å². The van der Waals surface area contributed by atoms with Gasteiger partial charge in [0.15, 0.2) is 0 Å². The first-order chi connectivity index (χ1) is 11.5. The van der Waals surface area contributed by atoms with Crippen LogP contribution in [0.25, 0.3) is 0 Å². The smallest absolute Gasteiger partial charge is 0.416 e. The van der Waals surface area contributed by atoms with Gasteiger partial charge in [0, 0.05) is 5.56 Å². The van der Waals surface area contributed by atoms with Crippen molar-refractivity contribution in [1.82, 2.24) is 10.6 Å². The lowest BCUT2D eigenvalue weighted by Gasteiger charge is -2.25. The van der Waals surface area contributed by atoms with Crippen molar-refractivity contribution in [1.29, 1.82) is 0 Å². The van der Waals surface area contributed by atoms with Crippen LogP contribution >= 0.6 is 0 Å². The van der Waals surface area contributed by atoms with Crippen LogP contribution in [-0.4, -0.2) is 35.0 Å². The molecule has 1 rings (SSSR count). The fourth-order valence-electron chi connectivity index (χ4n) is 2.15. The minimum absolute atomic E-state index is 0.0460. The topological polar surface area (TPSA) is 95.5 Å². The molecule has 1 atom stereocenters. The highest BCUT2D eigenvalue weighted by Crippen LogP contribution is 2.29. The summed E-state index contributed by atoms with van der Waals surface area (Å²) in [6.07, 6.45) is -3.77. The molecule has 0 aromatic heterocycles. The lowest BCUT2D eigenvalue weighted by Crippen LogP contribution is -2.54.